The number of sulfonamides is 1. The number of rotatable bonds is 7. The second kappa shape index (κ2) is 10.1. The normalized spacial score (nSPS) is 13.2. The van der Waals surface area contributed by atoms with E-state index in [-0.39, 0.29) is 27.3 Å². The summed E-state index contributed by atoms with van der Waals surface area (Å²) in [6.45, 7) is 0.356. The van der Waals surface area contributed by atoms with Crippen LogP contribution in [0.2, 0.25) is 5.02 Å². The first kappa shape index (κ1) is 24.8. The lowest BCUT2D eigenvalue weighted by molar-refractivity contribution is -0.130. The van der Waals surface area contributed by atoms with Gasteiger partial charge in [0.05, 0.1) is 29.8 Å². The zero-order valence-corrected chi connectivity index (χ0v) is 20.8. The largest absolute Gasteiger partial charge is 0.493 e. The highest BCUT2D eigenvalue weighted by Gasteiger charge is 2.31. The standard InChI is InChI=1S/C25H24ClFN2O5S/c1-33-23-10-8-20(14-24(23)34-2)35(31,32)29(19-7-9-22(27)21(26)13-19)16-25(30)28-12-11-17-5-3-4-6-18(17)15-28/h3-10,13-14H,11-12,15-16H2,1-2H3. The molecule has 0 aliphatic carbocycles. The van der Waals surface area contributed by atoms with Crippen LogP contribution >= 0.6 is 11.6 Å². The molecule has 0 fully saturated rings. The van der Waals surface area contributed by atoms with Crippen molar-refractivity contribution in [3.63, 3.8) is 0 Å². The van der Waals surface area contributed by atoms with Gasteiger partial charge in [-0.25, -0.2) is 12.8 Å². The minimum Gasteiger partial charge on any atom is -0.493 e. The van der Waals surface area contributed by atoms with Crippen molar-refractivity contribution in [3.8, 4) is 11.5 Å². The Balaban J connectivity index is 1.70. The van der Waals surface area contributed by atoms with E-state index in [9.17, 15) is 17.6 Å². The Morgan fingerprint density at radius 3 is 2.43 bits per heavy atom. The van der Waals surface area contributed by atoms with Crippen LogP contribution < -0.4 is 13.8 Å². The molecule has 4 rings (SSSR count). The van der Waals surface area contributed by atoms with Gasteiger partial charge in [0.1, 0.15) is 12.4 Å². The molecule has 184 valence electrons. The SMILES string of the molecule is COc1ccc(S(=O)(=O)N(CC(=O)N2CCc3ccccc3C2)c2ccc(F)c(Cl)c2)cc1OC. The fourth-order valence-electron chi connectivity index (χ4n) is 3.99. The summed E-state index contributed by atoms with van der Waals surface area (Å²) >= 11 is 5.95. The van der Waals surface area contributed by atoms with E-state index in [2.05, 4.69) is 0 Å². The van der Waals surface area contributed by atoms with E-state index in [4.69, 9.17) is 21.1 Å². The molecule has 0 radical (unpaired) electrons. The van der Waals surface area contributed by atoms with Gasteiger partial charge in [0.15, 0.2) is 11.5 Å². The number of ether oxygens (including phenoxy) is 2. The van der Waals surface area contributed by atoms with Crippen molar-refractivity contribution in [1.82, 2.24) is 4.90 Å². The molecule has 3 aromatic carbocycles. The Labute approximate surface area is 208 Å². The summed E-state index contributed by atoms with van der Waals surface area (Å²) in [5.41, 5.74) is 2.25. The van der Waals surface area contributed by atoms with Crippen LogP contribution in [0.4, 0.5) is 10.1 Å². The van der Waals surface area contributed by atoms with Gasteiger partial charge >= 0.3 is 0 Å². The Bertz CT molecular complexity index is 1370. The van der Waals surface area contributed by atoms with Crippen molar-refractivity contribution in [2.45, 2.75) is 17.9 Å². The van der Waals surface area contributed by atoms with E-state index in [0.717, 1.165) is 21.5 Å². The molecular weight excluding hydrogens is 495 g/mol. The molecule has 10 heteroatoms. The number of methoxy groups -OCH3 is 2. The topological polar surface area (TPSA) is 76.2 Å². The zero-order chi connectivity index (χ0) is 25.2. The highest BCUT2D eigenvalue weighted by atomic mass is 35.5. The first-order valence-corrected chi connectivity index (χ1v) is 12.6. The van der Waals surface area contributed by atoms with E-state index >= 15 is 0 Å². The third-order valence-electron chi connectivity index (χ3n) is 5.90. The monoisotopic (exact) mass is 518 g/mol. The predicted octanol–water partition coefficient (Wildman–Crippen LogP) is 4.28. The summed E-state index contributed by atoms with van der Waals surface area (Å²) in [5.74, 6) is -0.516. The minimum atomic E-state index is -4.27. The van der Waals surface area contributed by atoms with Gasteiger partial charge in [0, 0.05) is 19.2 Å². The van der Waals surface area contributed by atoms with Crippen LogP contribution in [0.1, 0.15) is 11.1 Å². The van der Waals surface area contributed by atoms with Gasteiger partial charge in [0.25, 0.3) is 10.0 Å². The number of carbonyl (C=O) groups is 1. The van der Waals surface area contributed by atoms with Crippen molar-refractivity contribution in [3.05, 3.63) is 82.6 Å². The van der Waals surface area contributed by atoms with Gasteiger partial charge in [-0.15, -0.1) is 0 Å². The number of carbonyl (C=O) groups excluding carboxylic acids is 1. The molecule has 35 heavy (non-hydrogen) atoms. The van der Waals surface area contributed by atoms with E-state index in [1.54, 1.807) is 4.90 Å². The Kier molecular flexibility index (Phi) is 7.18. The first-order valence-electron chi connectivity index (χ1n) is 10.8. The lowest BCUT2D eigenvalue weighted by Crippen LogP contribution is -2.44. The quantitative estimate of drug-likeness (QED) is 0.467. The fraction of sp³-hybridized carbons (Fsp3) is 0.240. The number of halogens is 2. The van der Waals surface area contributed by atoms with Crippen LogP contribution in [0.15, 0.2) is 65.6 Å². The number of anilines is 1. The molecule has 0 saturated carbocycles. The second-order valence-electron chi connectivity index (χ2n) is 7.96. The molecule has 1 amide bonds. The van der Waals surface area contributed by atoms with Gasteiger partial charge in [-0.2, -0.15) is 0 Å². The zero-order valence-electron chi connectivity index (χ0n) is 19.2. The van der Waals surface area contributed by atoms with Gasteiger partial charge in [-0.1, -0.05) is 35.9 Å². The third kappa shape index (κ3) is 5.06. The molecule has 0 aromatic heterocycles. The van der Waals surface area contributed by atoms with Crippen LogP contribution in [-0.2, 0) is 27.8 Å². The maximum absolute atomic E-state index is 13.9. The molecule has 1 aliphatic heterocycles. The van der Waals surface area contributed by atoms with Crippen LogP contribution in [0.3, 0.4) is 0 Å². The van der Waals surface area contributed by atoms with Crippen molar-refractivity contribution in [2.75, 3.05) is 31.6 Å². The molecule has 7 nitrogen and oxygen atoms in total. The van der Waals surface area contributed by atoms with Crippen molar-refractivity contribution < 1.29 is 27.1 Å². The lowest BCUT2D eigenvalue weighted by atomic mass is 10.00. The van der Waals surface area contributed by atoms with E-state index in [1.807, 2.05) is 24.3 Å². The summed E-state index contributed by atoms with van der Waals surface area (Å²) in [7, 11) is -1.44. The molecule has 0 bridgehead atoms. The Hall–Kier alpha value is -3.30. The van der Waals surface area contributed by atoms with Gasteiger partial charge in [-0.05, 0) is 47.9 Å². The highest BCUT2D eigenvalue weighted by molar-refractivity contribution is 7.92. The van der Waals surface area contributed by atoms with Crippen LogP contribution in [0.25, 0.3) is 0 Å². The summed E-state index contributed by atoms with van der Waals surface area (Å²) in [6.07, 6.45) is 0.673. The first-order chi connectivity index (χ1) is 16.7. The smallest absolute Gasteiger partial charge is 0.264 e. The van der Waals surface area contributed by atoms with E-state index < -0.39 is 22.4 Å². The molecule has 0 spiro atoms. The average Bonchev–Trinajstić information content (AvgIpc) is 2.87. The minimum absolute atomic E-state index is 0.0666. The molecular formula is C25H24ClFN2O5S. The van der Waals surface area contributed by atoms with E-state index in [0.29, 0.717) is 25.3 Å². The number of amides is 1. The number of benzene rings is 3. The third-order valence-corrected chi connectivity index (χ3v) is 7.96. The van der Waals surface area contributed by atoms with Crippen molar-refractivity contribution >= 4 is 33.2 Å². The number of fused-ring (bicyclic) bond motifs is 1. The number of hydrogen-bond acceptors (Lipinski definition) is 5. The molecule has 0 saturated heterocycles. The van der Waals surface area contributed by atoms with Crippen LogP contribution in [0, 0.1) is 5.82 Å². The second-order valence-corrected chi connectivity index (χ2v) is 10.2. The number of nitrogens with zero attached hydrogens (tertiary/aromatic N) is 2. The van der Waals surface area contributed by atoms with E-state index in [1.165, 1.54) is 44.6 Å². The number of hydrogen-bond donors (Lipinski definition) is 0. The highest BCUT2D eigenvalue weighted by Crippen LogP contribution is 2.33. The molecule has 0 atom stereocenters. The van der Waals surface area contributed by atoms with Gasteiger partial charge in [-0.3, -0.25) is 9.10 Å². The van der Waals surface area contributed by atoms with Gasteiger partial charge < -0.3 is 14.4 Å². The van der Waals surface area contributed by atoms with Crippen LogP contribution in [-0.4, -0.2) is 46.5 Å². The Morgan fingerprint density at radius 1 is 1.03 bits per heavy atom. The molecule has 1 aliphatic rings. The maximum Gasteiger partial charge on any atom is 0.264 e. The average molecular weight is 519 g/mol. The molecule has 0 N–H and O–H groups in total. The van der Waals surface area contributed by atoms with Gasteiger partial charge in [0.2, 0.25) is 5.91 Å². The predicted molar refractivity (Wildman–Crippen MR) is 131 cm³/mol. The summed E-state index contributed by atoms with van der Waals surface area (Å²) < 4.78 is 52.7. The van der Waals surface area contributed by atoms with Crippen molar-refractivity contribution in [2.24, 2.45) is 0 Å². The lowest BCUT2D eigenvalue weighted by Gasteiger charge is -2.32. The fourth-order valence-corrected chi connectivity index (χ4v) is 5.59. The summed E-state index contributed by atoms with van der Waals surface area (Å²) in [6, 6.07) is 15.5. The maximum atomic E-state index is 13.9. The van der Waals surface area contributed by atoms with Crippen molar-refractivity contribution in [1.29, 1.82) is 0 Å². The summed E-state index contributed by atoms with van der Waals surface area (Å²) in [4.78, 5) is 14.8. The molecule has 1 heterocycles. The summed E-state index contributed by atoms with van der Waals surface area (Å²) in [5, 5.41) is -0.255. The van der Waals surface area contributed by atoms with Crippen LogP contribution in [0.5, 0.6) is 11.5 Å². The molecule has 0 unspecified atom stereocenters. The molecule has 3 aromatic rings. The Morgan fingerprint density at radius 2 is 1.74 bits per heavy atom.